The molecule has 3 heterocycles. The second-order valence-electron chi connectivity index (χ2n) is 6.11. The van der Waals surface area contributed by atoms with Crippen LogP contribution in [0.15, 0.2) is 47.2 Å². The van der Waals surface area contributed by atoms with Crippen LogP contribution in [0, 0.1) is 0 Å². The van der Waals surface area contributed by atoms with Gasteiger partial charge in [-0.1, -0.05) is 22.0 Å². The summed E-state index contributed by atoms with van der Waals surface area (Å²) in [6, 6.07) is 9.65. The smallest absolute Gasteiger partial charge is 0.359 e. The number of carbonyl (C=O) groups excluding carboxylic acids is 1. The number of hydrogen-bond acceptors (Lipinski definition) is 6. The van der Waals surface area contributed by atoms with Gasteiger partial charge in [-0.15, -0.1) is 0 Å². The molecular formula is C19H18BrN5O2. The van der Waals surface area contributed by atoms with Crippen LogP contribution in [0.1, 0.15) is 28.7 Å². The number of benzene rings is 1. The molecule has 3 aromatic rings. The van der Waals surface area contributed by atoms with Crippen molar-refractivity contribution in [3.63, 3.8) is 0 Å². The standard InChI is InChI=1S/C19H18BrN5O2/c1-2-27-18(26)17-15-12-24(19-21-8-4-9-22-19)10-7-16(15)25(23-17)14-6-3-5-13(20)11-14/h3-6,8-9,11H,2,7,10,12H2,1H3. The van der Waals surface area contributed by atoms with E-state index in [2.05, 4.69) is 35.9 Å². The van der Waals surface area contributed by atoms with Crippen LogP contribution in [0.5, 0.6) is 0 Å². The van der Waals surface area contributed by atoms with Gasteiger partial charge in [0, 0.05) is 35.4 Å². The Morgan fingerprint density at radius 3 is 2.81 bits per heavy atom. The Balaban J connectivity index is 1.78. The molecule has 2 aromatic heterocycles. The van der Waals surface area contributed by atoms with Crippen LogP contribution < -0.4 is 4.90 Å². The largest absolute Gasteiger partial charge is 0.461 e. The predicted molar refractivity (Wildman–Crippen MR) is 104 cm³/mol. The van der Waals surface area contributed by atoms with E-state index in [1.54, 1.807) is 25.4 Å². The van der Waals surface area contributed by atoms with E-state index in [1.807, 2.05) is 28.9 Å². The first-order chi connectivity index (χ1) is 13.2. The summed E-state index contributed by atoms with van der Waals surface area (Å²) in [5, 5.41) is 4.60. The van der Waals surface area contributed by atoms with E-state index >= 15 is 0 Å². The second-order valence-corrected chi connectivity index (χ2v) is 7.02. The maximum absolute atomic E-state index is 12.5. The number of hydrogen-bond donors (Lipinski definition) is 0. The van der Waals surface area contributed by atoms with Crippen LogP contribution in [0.4, 0.5) is 5.95 Å². The molecule has 0 bridgehead atoms. The van der Waals surface area contributed by atoms with Crippen LogP contribution in [0.25, 0.3) is 5.69 Å². The molecular weight excluding hydrogens is 410 g/mol. The lowest BCUT2D eigenvalue weighted by molar-refractivity contribution is 0.0517. The highest BCUT2D eigenvalue weighted by molar-refractivity contribution is 9.10. The maximum atomic E-state index is 12.5. The number of esters is 1. The number of nitrogens with zero attached hydrogens (tertiary/aromatic N) is 5. The Morgan fingerprint density at radius 2 is 2.07 bits per heavy atom. The van der Waals surface area contributed by atoms with E-state index in [-0.39, 0.29) is 0 Å². The van der Waals surface area contributed by atoms with Crippen molar-refractivity contribution in [2.24, 2.45) is 0 Å². The number of fused-ring (bicyclic) bond motifs is 1. The average Bonchev–Trinajstić information content (AvgIpc) is 3.08. The molecule has 1 aliphatic heterocycles. The SMILES string of the molecule is CCOC(=O)c1nn(-c2cccc(Br)c2)c2c1CN(c1ncccn1)CC2. The Hall–Kier alpha value is -2.74. The third kappa shape index (κ3) is 3.44. The lowest BCUT2D eigenvalue weighted by Crippen LogP contribution is -2.32. The highest BCUT2D eigenvalue weighted by Crippen LogP contribution is 2.28. The predicted octanol–water partition coefficient (Wildman–Crippen LogP) is 3.16. The zero-order valence-corrected chi connectivity index (χ0v) is 16.4. The minimum atomic E-state index is -0.404. The normalized spacial score (nSPS) is 13.3. The van der Waals surface area contributed by atoms with Crippen LogP contribution in [-0.2, 0) is 17.7 Å². The summed E-state index contributed by atoms with van der Waals surface area (Å²) < 4.78 is 8.03. The van der Waals surface area contributed by atoms with Gasteiger partial charge in [0.1, 0.15) is 0 Å². The van der Waals surface area contributed by atoms with Crippen molar-refractivity contribution in [3.8, 4) is 5.69 Å². The van der Waals surface area contributed by atoms with Crippen LogP contribution in [0.2, 0.25) is 0 Å². The summed E-state index contributed by atoms with van der Waals surface area (Å²) in [7, 11) is 0. The number of anilines is 1. The number of halogens is 1. The van der Waals surface area contributed by atoms with E-state index in [4.69, 9.17) is 4.74 Å². The summed E-state index contributed by atoms with van der Waals surface area (Å²) in [4.78, 5) is 23.2. The minimum Gasteiger partial charge on any atom is -0.461 e. The number of ether oxygens (including phenoxy) is 1. The van der Waals surface area contributed by atoms with Gasteiger partial charge >= 0.3 is 5.97 Å². The van der Waals surface area contributed by atoms with Gasteiger partial charge in [-0.3, -0.25) is 0 Å². The second kappa shape index (κ2) is 7.48. The first kappa shape index (κ1) is 17.7. The van der Waals surface area contributed by atoms with Gasteiger partial charge in [-0.2, -0.15) is 5.10 Å². The molecule has 4 rings (SSSR count). The summed E-state index contributed by atoms with van der Waals surface area (Å²) in [6.45, 7) is 3.36. The van der Waals surface area contributed by atoms with Crippen molar-refractivity contribution in [1.82, 2.24) is 19.7 Å². The summed E-state index contributed by atoms with van der Waals surface area (Å²) in [5.74, 6) is 0.242. The maximum Gasteiger partial charge on any atom is 0.359 e. The van der Waals surface area contributed by atoms with Crippen molar-refractivity contribution in [2.45, 2.75) is 19.9 Å². The summed E-state index contributed by atoms with van der Waals surface area (Å²) in [6.07, 6.45) is 4.16. The van der Waals surface area contributed by atoms with Gasteiger partial charge in [-0.25, -0.2) is 19.4 Å². The molecule has 0 radical (unpaired) electrons. The van der Waals surface area contributed by atoms with Crippen molar-refractivity contribution in [2.75, 3.05) is 18.1 Å². The van der Waals surface area contributed by atoms with Crippen LogP contribution >= 0.6 is 15.9 Å². The van der Waals surface area contributed by atoms with Crippen LogP contribution in [-0.4, -0.2) is 38.9 Å². The topological polar surface area (TPSA) is 73.1 Å². The van der Waals surface area contributed by atoms with Crippen molar-refractivity contribution < 1.29 is 9.53 Å². The molecule has 0 unspecified atom stereocenters. The molecule has 0 fully saturated rings. The molecule has 1 aromatic carbocycles. The molecule has 0 amide bonds. The van der Waals surface area contributed by atoms with E-state index in [9.17, 15) is 4.79 Å². The lowest BCUT2D eigenvalue weighted by Gasteiger charge is -2.27. The first-order valence-electron chi connectivity index (χ1n) is 8.73. The van der Waals surface area contributed by atoms with Gasteiger partial charge in [0.05, 0.1) is 24.5 Å². The molecule has 0 N–H and O–H groups in total. The van der Waals surface area contributed by atoms with Gasteiger partial charge < -0.3 is 9.64 Å². The molecule has 27 heavy (non-hydrogen) atoms. The molecule has 7 nitrogen and oxygen atoms in total. The fraction of sp³-hybridized carbons (Fsp3) is 0.263. The van der Waals surface area contributed by atoms with Gasteiger partial charge in [0.25, 0.3) is 0 Å². The number of rotatable bonds is 4. The zero-order chi connectivity index (χ0) is 18.8. The minimum absolute atomic E-state index is 0.308. The molecule has 0 saturated heterocycles. The van der Waals surface area contributed by atoms with E-state index < -0.39 is 5.97 Å². The summed E-state index contributed by atoms with van der Waals surface area (Å²) in [5.41, 5.74) is 3.14. The molecule has 0 atom stereocenters. The lowest BCUT2D eigenvalue weighted by atomic mass is 10.1. The van der Waals surface area contributed by atoms with E-state index in [1.165, 1.54) is 0 Å². The highest BCUT2D eigenvalue weighted by Gasteiger charge is 2.30. The third-order valence-corrected chi connectivity index (χ3v) is 4.91. The first-order valence-corrected chi connectivity index (χ1v) is 9.52. The molecule has 0 saturated carbocycles. The Labute approximate surface area is 165 Å². The van der Waals surface area contributed by atoms with Crippen LogP contribution in [0.3, 0.4) is 0 Å². The monoisotopic (exact) mass is 427 g/mol. The molecule has 1 aliphatic rings. The Bertz CT molecular complexity index is 973. The highest BCUT2D eigenvalue weighted by atomic mass is 79.9. The fourth-order valence-corrected chi connectivity index (χ4v) is 3.62. The zero-order valence-electron chi connectivity index (χ0n) is 14.8. The van der Waals surface area contributed by atoms with Crippen molar-refractivity contribution in [3.05, 3.63) is 64.1 Å². The molecule has 138 valence electrons. The Morgan fingerprint density at radius 1 is 1.26 bits per heavy atom. The number of carbonyl (C=O) groups is 1. The Kier molecular flexibility index (Phi) is 4.89. The molecule has 8 heteroatoms. The van der Waals surface area contributed by atoms with Crippen molar-refractivity contribution in [1.29, 1.82) is 0 Å². The molecule has 0 aliphatic carbocycles. The van der Waals surface area contributed by atoms with Gasteiger partial charge in [-0.05, 0) is 31.2 Å². The number of aromatic nitrogens is 4. The fourth-order valence-electron chi connectivity index (χ4n) is 3.23. The van der Waals surface area contributed by atoms with E-state index in [0.717, 1.165) is 34.4 Å². The van der Waals surface area contributed by atoms with Crippen molar-refractivity contribution >= 4 is 27.8 Å². The third-order valence-electron chi connectivity index (χ3n) is 4.41. The summed E-state index contributed by atoms with van der Waals surface area (Å²) >= 11 is 3.50. The average molecular weight is 428 g/mol. The van der Waals surface area contributed by atoms with E-state index in [0.29, 0.717) is 24.8 Å². The van der Waals surface area contributed by atoms with Gasteiger partial charge in [0.2, 0.25) is 5.95 Å². The van der Waals surface area contributed by atoms with Gasteiger partial charge in [0.15, 0.2) is 5.69 Å². The molecule has 0 spiro atoms. The quantitative estimate of drug-likeness (QED) is 0.595.